The first kappa shape index (κ1) is 17.0. The molecule has 0 radical (unpaired) electrons. The first-order chi connectivity index (χ1) is 9.47. The van der Waals surface area contributed by atoms with Crippen molar-refractivity contribution in [1.29, 1.82) is 0 Å². The Bertz CT molecular complexity index is 325. The number of carbonyl (C=O) groups excluding carboxylic acids is 1. The summed E-state index contributed by atoms with van der Waals surface area (Å²) in [6.07, 6.45) is 7.34. The number of nitrogens with one attached hydrogen (secondary N) is 1. The maximum Gasteiger partial charge on any atom is 0.303 e. The third-order valence-electron chi connectivity index (χ3n) is 4.21. The number of carboxylic acids is 1. The van der Waals surface area contributed by atoms with Crippen LogP contribution in [0.5, 0.6) is 0 Å². The van der Waals surface area contributed by atoms with Crippen molar-refractivity contribution in [3.63, 3.8) is 0 Å². The van der Waals surface area contributed by atoms with Gasteiger partial charge in [-0.1, -0.05) is 32.6 Å². The number of nitrogens with two attached hydrogens (primary N) is 1. The quantitative estimate of drug-likeness (QED) is 0.636. The number of rotatable bonds is 8. The molecular weight excluding hydrogens is 256 g/mol. The fraction of sp³-hybridized carbons (Fsp3) is 0.867. The topological polar surface area (TPSA) is 92.4 Å². The highest BCUT2D eigenvalue weighted by atomic mass is 16.4. The molecular formula is C15H28N2O3. The van der Waals surface area contributed by atoms with Gasteiger partial charge in [-0.15, -0.1) is 0 Å². The number of carbonyl (C=O) groups is 2. The molecule has 1 saturated carbocycles. The van der Waals surface area contributed by atoms with Gasteiger partial charge in [0.1, 0.15) is 0 Å². The van der Waals surface area contributed by atoms with Crippen LogP contribution in [0.25, 0.3) is 0 Å². The Morgan fingerprint density at radius 3 is 2.50 bits per heavy atom. The Morgan fingerprint density at radius 2 is 1.95 bits per heavy atom. The zero-order valence-electron chi connectivity index (χ0n) is 12.5. The van der Waals surface area contributed by atoms with E-state index in [9.17, 15) is 9.59 Å². The van der Waals surface area contributed by atoms with E-state index < -0.39 is 5.97 Å². The number of hydrogen-bond acceptors (Lipinski definition) is 3. The largest absolute Gasteiger partial charge is 0.481 e. The summed E-state index contributed by atoms with van der Waals surface area (Å²) in [6.45, 7) is 2.51. The molecule has 1 atom stereocenters. The van der Waals surface area contributed by atoms with Gasteiger partial charge in [-0.05, 0) is 24.7 Å². The third-order valence-corrected chi connectivity index (χ3v) is 4.21. The summed E-state index contributed by atoms with van der Waals surface area (Å²) in [5.41, 5.74) is 5.60. The van der Waals surface area contributed by atoms with Crippen LogP contribution in [-0.2, 0) is 9.59 Å². The van der Waals surface area contributed by atoms with Crippen LogP contribution >= 0.6 is 0 Å². The molecule has 1 aliphatic rings. The molecule has 1 fully saturated rings. The maximum absolute atomic E-state index is 11.9. The Morgan fingerprint density at radius 1 is 1.30 bits per heavy atom. The number of hydrogen-bond donors (Lipinski definition) is 3. The number of aliphatic carboxylic acids is 1. The molecule has 1 amide bonds. The van der Waals surface area contributed by atoms with Gasteiger partial charge in [-0.3, -0.25) is 9.59 Å². The summed E-state index contributed by atoms with van der Waals surface area (Å²) in [4.78, 5) is 22.9. The van der Waals surface area contributed by atoms with Crippen LogP contribution in [0.2, 0.25) is 0 Å². The van der Waals surface area contributed by atoms with E-state index in [0.717, 1.165) is 44.9 Å². The SMILES string of the molecule is CCCC(N)CC(=O)NCC1(CC(=O)O)CCCCC1. The molecule has 116 valence electrons. The molecule has 4 N–H and O–H groups in total. The van der Waals surface area contributed by atoms with Crippen LogP contribution in [0.3, 0.4) is 0 Å². The number of carboxylic acid groups (broad SMARTS) is 1. The summed E-state index contributed by atoms with van der Waals surface area (Å²) in [7, 11) is 0. The van der Waals surface area contributed by atoms with Crippen LogP contribution in [0.15, 0.2) is 0 Å². The minimum atomic E-state index is -0.774. The Labute approximate surface area is 121 Å². The molecule has 1 rings (SSSR count). The lowest BCUT2D eigenvalue weighted by Gasteiger charge is -2.36. The molecule has 0 aliphatic heterocycles. The molecule has 0 heterocycles. The molecule has 5 heteroatoms. The fourth-order valence-corrected chi connectivity index (χ4v) is 3.11. The highest BCUT2D eigenvalue weighted by Crippen LogP contribution is 2.38. The molecule has 0 aromatic carbocycles. The molecule has 5 nitrogen and oxygen atoms in total. The summed E-state index contributed by atoms with van der Waals surface area (Å²) < 4.78 is 0. The van der Waals surface area contributed by atoms with E-state index in [-0.39, 0.29) is 23.8 Å². The maximum atomic E-state index is 11.9. The summed E-state index contributed by atoms with van der Waals surface area (Å²) in [6, 6.07) is -0.0956. The van der Waals surface area contributed by atoms with Crippen LogP contribution in [-0.4, -0.2) is 29.6 Å². The summed E-state index contributed by atoms with van der Waals surface area (Å²) >= 11 is 0. The zero-order valence-corrected chi connectivity index (χ0v) is 12.5. The van der Waals surface area contributed by atoms with Crippen molar-refractivity contribution in [2.75, 3.05) is 6.54 Å². The second kappa shape index (κ2) is 8.25. The van der Waals surface area contributed by atoms with Crippen molar-refractivity contribution in [2.24, 2.45) is 11.1 Å². The van der Waals surface area contributed by atoms with E-state index in [1.807, 2.05) is 6.92 Å². The predicted octanol–water partition coefficient (Wildman–Crippen LogP) is 2.05. The van der Waals surface area contributed by atoms with Crippen molar-refractivity contribution in [3.05, 3.63) is 0 Å². The minimum Gasteiger partial charge on any atom is -0.481 e. The van der Waals surface area contributed by atoms with Crippen LogP contribution < -0.4 is 11.1 Å². The smallest absolute Gasteiger partial charge is 0.303 e. The summed E-state index contributed by atoms with van der Waals surface area (Å²) in [5.74, 6) is -0.829. The van der Waals surface area contributed by atoms with Gasteiger partial charge in [0.15, 0.2) is 0 Å². The first-order valence-corrected chi connectivity index (χ1v) is 7.71. The average molecular weight is 284 g/mol. The lowest BCUT2D eigenvalue weighted by molar-refractivity contribution is -0.140. The predicted molar refractivity (Wildman–Crippen MR) is 78.3 cm³/mol. The van der Waals surface area contributed by atoms with Crippen molar-refractivity contribution >= 4 is 11.9 Å². The highest BCUT2D eigenvalue weighted by Gasteiger charge is 2.34. The van der Waals surface area contributed by atoms with Crippen LogP contribution in [0.1, 0.15) is 64.7 Å². The molecule has 20 heavy (non-hydrogen) atoms. The lowest BCUT2D eigenvalue weighted by atomic mass is 9.71. The van der Waals surface area contributed by atoms with Gasteiger partial charge >= 0.3 is 5.97 Å². The molecule has 0 saturated heterocycles. The molecule has 0 aromatic rings. The standard InChI is InChI=1S/C15H28N2O3/c1-2-6-12(16)9-13(18)17-11-15(10-14(19)20)7-4-3-5-8-15/h12H,2-11,16H2,1H3,(H,17,18)(H,19,20). The van der Waals surface area contributed by atoms with E-state index in [0.29, 0.717) is 13.0 Å². The minimum absolute atomic E-state index is 0.0544. The van der Waals surface area contributed by atoms with Crippen molar-refractivity contribution in [2.45, 2.75) is 70.8 Å². The van der Waals surface area contributed by atoms with Gasteiger partial charge < -0.3 is 16.2 Å². The highest BCUT2D eigenvalue weighted by molar-refractivity contribution is 5.76. The van der Waals surface area contributed by atoms with Gasteiger partial charge in [0.05, 0.1) is 6.42 Å². The Kier molecular flexibility index (Phi) is 6.99. The first-order valence-electron chi connectivity index (χ1n) is 7.71. The van der Waals surface area contributed by atoms with Crippen molar-refractivity contribution in [3.8, 4) is 0 Å². The van der Waals surface area contributed by atoms with E-state index in [4.69, 9.17) is 10.8 Å². The Hall–Kier alpha value is -1.10. The zero-order chi connectivity index (χ0) is 15.0. The van der Waals surface area contributed by atoms with E-state index in [2.05, 4.69) is 5.32 Å². The van der Waals surface area contributed by atoms with Crippen molar-refractivity contribution < 1.29 is 14.7 Å². The molecule has 0 bridgehead atoms. The van der Waals surface area contributed by atoms with Crippen LogP contribution in [0.4, 0.5) is 0 Å². The van der Waals surface area contributed by atoms with Gasteiger partial charge in [-0.25, -0.2) is 0 Å². The fourth-order valence-electron chi connectivity index (χ4n) is 3.11. The number of amides is 1. The van der Waals surface area contributed by atoms with Gasteiger partial charge in [-0.2, -0.15) is 0 Å². The normalized spacial score (nSPS) is 19.3. The van der Waals surface area contributed by atoms with E-state index in [1.165, 1.54) is 0 Å². The second-order valence-corrected chi connectivity index (χ2v) is 6.16. The van der Waals surface area contributed by atoms with E-state index in [1.54, 1.807) is 0 Å². The lowest BCUT2D eigenvalue weighted by Crippen LogP contribution is -2.42. The molecule has 0 aromatic heterocycles. The van der Waals surface area contributed by atoms with E-state index >= 15 is 0 Å². The molecule has 1 unspecified atom stereocenters. The van der Waals surface area contributed by atoms with Gasteiger partial charge in [0, 0.05) is 19.0 Å². The van der Waals surface area contributed by atoms with Crippen LogP contribution in [0, 0.1) is 5.41 Å². The Balaban J connectivity index is 2.45. The second-order valence-electron chi connectivity index (χ2n) is 6.16. The van der Waals surface area contributed by atoms with Crippen molar-refractivity contribution in [1.82, 2.24) is 5.32 Å². The van der Waals surface area contributed by atoms with Gasteiger partial charge in [0.25, 0.3) is 0 Å². The monoisotopic (exact) mass is 284 g/mol. The third kappa shape index (κ3) is 5.90. The molecule has 0 spiro atoms. The molecule has 1 aliphatic carbocycles. The average Bonchev–Trinajstić information content (AvgIpc) is 2.37. The summed E-state index contributed by atoms with van der Waals surface area (Å²) in [5, 5.41) is 12.0. The van der Waals surface area contributed by atoms with Gasteiger partial charge in [0.2, 0.25) is 5.91 Å².